The molecule has 0 N–H and O–H groups in total. The van der Waals surface area contributed by atoms with Crippen molar-refractivity contribution in [2.24, 2.45) is 0 Å². The largest absolute Gasteiger partial charge is 0.491 e. The molecule has 0 aliphatic carbocycles. The molecule has 6 heteroatoms. The van der Waals surface area contributed by atoms with Crippen LogP contribution in [0.25, 0.3) is 5.57 Å². The lowest BCUT2D eigenvalue weighted by atomic mass is 10.1. The number of carbonyl (C=O) groups excluding carboxylic acids is 1. The molecule has 1 aliphatic rings. The summed E-state index contributed by atoms with van der Waals surface area (Å²) in [4.78, 5) is 13.9. The summed E-state index contributed by atoms with van der Waals surface area (Å²) in [5.74, 6) is 2.20. The minimum absolute atomic E-state index is 0.126. The number of hydrogen-bond acceptors (Lipinski definition) is 5. The molecule has 1 aliphatic heterocycles. The monoisotopic (exact) mass is 453 g/mol. The molecular weight excluding hydrogens is 418 g/mol. The van der Waals surface area contributed by atoms with Crippen LogP contribution in [-0.4, -0.2) is 49.0 Å². The summed E-state index contributed by atoms with van der Waals surface area (Å²) in [5.41, 5.74) is 1.46. The first-order chi connectivity index (χ1) is 15.7. The highest BCUT2D eigenvalue weighted by atomic mass is 16.6. The number of ether oxygens (including phenoxy) is 4. The number of benzene rings is 2. The lowest BCUT2D eigenvalue weighted by molar-refractivity contribution is -0.0177. The Bertz CT molecular complexity index is 942. The van der Waals surface area contributed by atoms with Crippen molar-refractivity contribution in [2.75, 3.05) is 26.3 Å². The first-order valence-electron chi connectivity index (χ1n) is 11.5. The number of allylic oxidation sites excluding steroid dienone is 1. The quantitative estimate of drug-likeness (QED) is 0.439. The average Bonchev–Trinajstić information content (AvgIpc) is 2.76. The van der Waals surface area contributed by atoms with Crippen LogP contribution in [0.2, 0.25) is 0 Å². The van der Waals surface area contributed by atoms with Crippen LogP contribution in [0.5, 0.6) is 17.2 Å². The molecule has 0 spiro atoms. The highest BCUT2D eigenvalue weighted by molar-refractivity contribution is 5.68. The molecule has 1 fully saturated rings. The van der Waals surface area contributed by atoms with Crippen molar-refractivity contribution < 1.29 is 23.7 Å². The van der Waals surface area contributed by atoms with Crippen LogP contribution in [0, 0.1) is 0 Å². The van der Waals surface area contributed by atoms with Gasteiger partial charge >= 0.3 is 6.09 Å². The predicted octanol–water partition coefficient (Wildman–Crippen LogP) is 6.31. The van der Waals surface area contributed by atoms with Crippen LogP contribution in [-0.2, 0) is 9.47 Å². The van der Waals surface area contributed by atoms with Gasteiger partial charge in [0.15, 0.2) is 0 Å². The second-order valence-corrected chi connectivity index (χ2v) is 9.24. The van der Waals surface area contributed by atoms with E-state index in [1.54, 1.807) is 4.90 Å². The van der Waals surface area contributed by atoms with Crippen LogP contribution in [0.3, 0.4) is 0 Å². The molecule has 1 amide bonds. The third kappa shape index (κ3) is 7.82. The Kier molecular flexibility index (Phi) is 8.39. The van der Waals surface area contributed by atoms with Gasteiger partial charge in [0, 0.05) is 24.7 Å². The molecule has 0 saturated carbocycles. The molecule has 6 nitrogen and oxygen atoms in total. The minimum Gasteiger partial charge on any atom is -0.491 e. The van der Waals surface area contributed by atoms with Gasteiger partial charge in [0.1, 0.15) is 29.5 Å². The van der Waals surface area contributed by atoms with E-state index in [0.717, 1.165) is 35.5 Å². The van der Waals surface area contributed by atoms with E-state index >= 15 is 0 Å². The van der Waals surface area contributed by atoms with Crippen LogP contribution in [0.4, 0.5) is 4.79 Å². The van der Waals surface area contributed by atoms with E-state index in [2.05, 4.69) is 6.58 Å². The summed E-state index contributed by atoms with van der Waals surface area (Å²) in [6.45, 7) is 13.8. The van der Waals surface area contributed by atoms with Crippen molar-refractivity contribution in [1.82, 2.24) is 4.90 Å². The van der Waals surface area contributed by atoms with E-state index in [4.69, 9.17) is 18.9 Å². The number of carbonyl (C=O) groups is 1. The van der Waals surface area contributed by atoms with Gasteiger partial charge in [-0.2, -0.15) is 0 Å². The average molecular weight is 454 g/mol. The topological polar surface area (TPSA) is 57.2 Å². The van der Waals surface area contributed by atoms with Gasteiger partial charge < -0.3 is 23.8 Å². The van der Waals surface area contributed by atoms with Crippen LogP contribution < -0.4 is 9.47 Å². The third-order valence-corrected chi connectivity index (χ3v) is 5.18. The number of para-hydroxylation sites is 1. The predicted molar refractivity (Wildman–Crippen MR) is 130 cm³/mol. The molecule has 1 heterocycles. The molecule has 0 unspecified atom stereocenters. The zero-order chi connectivity index (χ0) is 23.8. The fourth-order valence-electron chi connectivity index (χ4n) is 3.57. The molecule has 3 rings (SSSR count). The second-order valence-electron chi connectivity index (χ2n) is 9.24. The number of amides is 1. The molecule has 0 radical (unpaired) electrons. The van der Waals surface area contributed by atoms with E-state index in [-0.39, 0.29) is 12.2 Å². The first-order valence-corrected chi connectivity index (χ1v) is 11.5. The smallest absolute Gasteiger partial charge is 0.410 e. The van der Waals surface area contributed by atoms with Crippen molar-refractivity contribution in [1.29, 1.82) is 0 Å². The number of hydrogen-bond donors (Lipinski definition) is 0. The van der Waals surface area contributed by atoms with Gasteiger partial charge in [0.2, 0.25) is 0 Å². The van der Waals surface area contributed by atoms with Crippen molar-refractivity contribution >= 4 is 11.7 Å². The molecule has 1 saturated heterocycles. The Labute approximate surface area is 197 Å². The molecule has 0 atom stereocenters. The Morgan fingerprint density at radius 3 is 2.42 bits per heavy atom. The minimum atomic E-state index is -0.474. The molecular formula is C27H35NO5. The van der Waals surface area contributed by atoms with Gasteiger partial charge in [-0.05, 0) is 64.3 Å². The number of rotatable bonds is 8. The molecule has 2 aromatic rings. The van der Waals surface area contributed by atoms with E-state index < -0.39 is 5.60 Å². The van der Waals surface area contributed by atoms with E-state index in [9.17, 15) is 4.79 Å². The maximum Gasteiger partial charge on any atom is 0.410 e. The fraction of sp³-hybridized carbons (Fsp3) is 0.444. The SMILES string of the molecule is C=C(C)c1ccccc1Oc1cccc(OCCOC2CCN(C(=O)OC(C)(C)C)CC2)c1. The molecule has 2 aromatic carbocycles. The summed E-state index contributed by atoms with van der Waals surface area (Å²) in [6.07, 6.45) is 1.47. The number of likely N-dealkylation sites (tertiary alicyclic amines) is 1. The summed E-state index contributed by atoms with van der Waals surface area (Å²) >= 11 is 0. The Morgan fingerprint density at radius 1 is 1.03 bits per heavy atom. The van der Waals surface area contributed by atoms with Gasteiger partial charge in [-0.3, -0.25) is 0 Å². The first kappa shape index (κ1) is 24.6. The lowest BCUT2D eigenvalue weighted by Crippen LogP contribution is -2.43. The van der Waals surface area contributed by atoms with Crippen LogP contribution in [0.15, 0.2) is 55.1 Å². The molecule has 0 bridgehead atoms. The lowest BCUT2D eigenvalue weighted by Gasteiger charge is -2.33. The van der Waals surface area contributed by atoms with Gasteiger partial charge in [0.25, 0.3) is 0 Å². The zero-order valence-corrected chi connectivity index (χ0v) is 20.1. The highest BCUT2D eigenvalue weighted by Gasteiger charge is 2.27. The standard InChI is InChI=1S/C27H35NO5/c1-20(2)24-11-6-7-12-25(24)32-23-10-8-9-22(19-23)31-18-17-30-21-13-15-28(16-14-21)26(29)33-27(3,4)5/h6-12,19,21H,1,13-18H2,2-5H3. The van der Waals surface area contributed by atoms with Crippen molar-refractivity contribution in [2.45, 2.75) is 52.2 Å². The summed E-state index contributed by atoms with van der Waals surface area (Å²) in [5, 5.41) is 0. The molecule has 178 valence electrons. The molecule has 33 heavy (non-hydrogen) atoms. The van der Waals surface area contributed by atoms with Crippen LogP contribution in [0.1, 0.15) is 46.1 Å². The Hall–Kier alpha value is -2.99. The van der Waals surface area contributed by atoms with Gasteiger partial charge in [0.05, 0.1) is 12.7 Å². The second kappa shape index (κ2) is 11.2. The van der Waals surface area contributed by atoms with Crippen molar-refractivity contribution in [3.8, 4) is 17.2 Å². The van der Waals surface area contributed by atoms with Gasteiger partial charge in [-0.25, -0.2) is 4.79 Å². The van der Waals surface area contributed by atoms with Gasteiger partial charge in [-0.1, -0.05) is 30.8 Å². The summed E-state index contributed by atoms with van der Waals surface area (Å²) < 4.78 is 23.3. The van der Waals surface area contributed by atoms with E-state index in [1.807, 2.05) is 76.2 Å². The summed E-state index contributed by atoms with van der Waals surface area (Å²) in [7, 11) is 0. The Morgan fingerprint density at radius 2 is 1.73 bits per heavy atom. The fourth-order valence-corrected chi connectivity index (χ4v) is 3.57. The maximum absolute atomic E-state index is 12.2. The van der Waals surface area contributed by atoms with E-state index in [0.29, 0.717) is 32.1 Å². The Balaban J connectivity index is 1.41. The molecule has 0 aromatic heterocycles. The van der Waals surface area contributed by atoms with Gasteiger partial charge in [-0.15, -0.1) is 0 Å². The normalized spacial score (nSPS) is 14.6. The van der Waals surface area contributed by atoms with Crippen molar-refractivity contribution in [3.05, 3.63) is 60.7 Å². The van der Waals surface area contributed by atoms with Crippen LogP contribution >= 0.6 is 0 Å². The third-order valence-electron chi connectivity index (χ3n) is 5.18. The highest BCUT2D eigenvalue weighted by Crippen LogP contribution is 2.31. The zero-order valence-electron chi connectivity index (χ0n) is 20.1. The number of piperidine rings is 1. The number of nitrogens with zero attached hydrogens (tertiary/aromatic N) is 1. The summed E-state index contributed by atoms with van der Waals surface area (Å²) in [6, 6.07) is 15.4. The maximum atomic E-state index is 12.2. The van der Waals surface area contributed by atoms with E-state index in [1.165, 1.54) is 0 Å². The van der Waals surface area contributed by atoms with Crippen molar-refractivity contribution in [3.63, 3.8) is 0 Å².